The molecule has 0 aliphatic heterocycles. The van der Waals surface area contributed by atoms with Gasteiger partial charge in [0.2, 0.25) is 0 Å². The number of unbranched alkanes of at least 4 members (excludes halogenated alkanes) is 1. The van der Waals surface area contributed by atoms with Crippen LogP contribution in [0.5, 0.6) is 0 Å². The number of carboxylic acid groups (broad SMARTS) is 1. The number of fused-ring (bicyclic) bond motifs is 3. The number of amides is 2. The van der Waals surface area contributed by atoms with E-state index in [-0.39, 0.29) is 36.7 Å². The number of carboxylic acids is 1. The summed E-state index contributed by atoms with van der Waals surface area (Å²) in [4.78, 5) is 35.7. The topological polar surface area (TPSA) is 105 Å². The number of para-hydroxylation sites is 1. The van der Waals surface area contributed by atoms with Crippen molar-refractivity contribution in [1.29, 1.82) is 0 Å². The normalized spacial score (nSPS) is 11.9. The summed E-state index contributed by atoms with van der Waals surface area (Å²) in [5.74, 6) is -2.40. The van der Waals surface area contributed by atoms with E-state index >= 15 is 0 Å². The van der Waals surface area contributed by atoms with Gasteiger partial charge in [-0.05, 0) is 47.2 Å². The van der Waals surface area contributed by atoms with E-state index in [2.05, 4.69) is 10.6 Å². The number of aliphatic carboxylic acids is 1. The molecule has 0 atom stereocenters. The number of hydrogen-bond donors (Lipinski definition) is 3. The molecule has 0 heterocycles. The van der Waals surface area contributed by atoms with Crippen molar-refractivity contribution in [1.82, 2.24) is 5.32 Å². The van der Waals surface area contributed by atoms with E-state index in [1.807, 2.05) is 48.5 Å². The highest BCUT2D eigenvalue weighted by atomic mass is 19.1. The number of ether oxygens (including phenoxy) is 1. The van der Waals surface area contributed by atoms with Crippen LogP contribution in [0.15, 0.2) is 66.7 Å². The van der Waals surface area contributed by atoms with E-state index < -0.39 is 23.8 Å². The average molecular weight is 477 g/mol. The number of hydrogen-bond acceptors (Lipinski definition) is 4. The van der Waals surface area contributed by atoms with Crippen LogP contribution in [0.2, 0.25) is 0 Å². The summed E-state index contributed by atoms with van der Waals surface area (Å²) in [5, 5.41) is 13.7. The van der Waals surface area contributed by atoms with Gasteiger partial charge in [0.05, 0.1) is 11.3 Å². The van der Waals surface area contributed by atoms with Crippen molar-refractivity contribution in [2.75, 3.05) is 18.5 Å². The van der Waals surface area contributed by atoms with Crippen molar-refractivity contribution in [3.63, 3.8) is 0 Å². The Morgan fingerprint density at radius 3 is 2.20 bits per heavy atom. The van der Waals surface area contributed by atoms with E-state index in [0.29, 0.717) is 12.8 Å². The molecule has 1 aliphatic rings. The van der Waals surface area contributed by atoms with Gasteiger partial charge in [0, 0.05) is 18.9 Å². The number of anilines is 1. The molecule has 0 saturated carbocycles. The van der Waals surface area contributed by atoms with E-state index in [9.17, 15) is 18.8 Å². The first kappa shape index (κ1) is 23.9. The van der Waals surface area contributed by atoms with Gasteiger partial charge in [-0.1, -0.05) is 54.6 Å². The zero-order valence-electron chi connectivity index (χ0n) is 18.9. The van der Waals surface area contributed by atoms with Crippen molar-refractivity contribution in [2.24, 2.45) is 0 Å². The Kier molecular flexibility index (Phi) is 7.40. The summed E-state index contributed by atoms with van der Waals surface area (Å²) in [6.07, 6.45) is 0.00349. The lowest BCUT2D eigenvalue weighted by Crippen LogP contribution is -2.27. The van der Waals surface area contributed by atoms with Crippen molar-refractivity contribution in [2.45, 2.75) is 25.2 Å². The lowest BCUT2D eigenvalue weighted by atomic mass is 9.98. The van der Waals surface area contributed by atoms with Gasteiger partial charge in [-0.25, -0.2) is 9.18 Å². The molecule has 0 aromatic heterocycles. The zero-order chi connectivity index (χ0) is 24.8. The molecule has 0 bridgehead atoms. The fourth-order valence-electron chi connectivity index (χ4n) is 4.28. The number of carbonyl (C=O) groups is 3. The summed E-state index contributed by atoms with van der Waals surface area (Å²) < 4.78 is 20.0. The van der Waals surface area contributed by atoms with Crippen LogP contribution in [0.4, 0.5) is 14.9 Å². The minimum Gasteiger partial charge on any atom is -0.481 e. The quantitative estimate of drug-likeness (QED) is 0.370. The molecule has 3 N–H and O–H groups in total. The third-order valence-corrected chi connectivity index (χ3v) is 5.93. The SMILES string of the molecule is O=C(O)CCCCNC(=O)c1cccc(F)c1NC(=O)OCC1c2ccccc2-c2ccccc21. The van der Waals surface area contributed by atoms with E-state index in [1.54, 1.807) is 0 Å². The molecule has 4 rings (SSSR count). The van der Waals surface area contributed by atoms with Crippen molar-refractivity contribution >= 4 is 23.7 Å². The lowest BCUT2D eigenvalue weighted by Gasteiger charge is -2.16. The highest BCUT2D eigenvalue weighted by molar-refractivity contribution is 6.02. The van der Waals surface area contributed by atoms with Crippen LogP contribution in [0.25, 0.3) is 11.1 Å². The molecule has 0 saturated heterocycles. The average Bonchev–Trinajstić information content (AvgIpc) is 3.17. The highest BCUT2D eigenvalue weighted by Gasteiger charge is 2.29. The monoisotopic (exact) mass is 476 g/mol. The van der Waals surface area contributed by atoms with Crippen molar-refractivity contribution in [3.05, 3.63) is 89.2 Å². The van der Waals surface area contributed by atoms with Crippen LogP contribution in [-0.4, -0.2) is 36.2 Å². The Labute approximate surface area is 201 Å². The first-order chi connectivity index (χ1) is 17.0. The Morgan fingerprint density at radius 2 is 1.54 bits per heavy atom. The molecular weight excluding hydrogens is 451 g/mol. The fourth-order valence-corrected chi connectivity index (χ4v) is 4.28. The first-order valence-corrected chi connectivity index (χ1v) is 11.4. The number of benzene rings is 3. The van der Waals surface area contributed by atoms with Crippen LogP contribution in [-0.2, 0) is 9.53 Å². The molecule has 35 heavy (non-hydrogen) atoms. The molecule has 180 valence electrons. The van der Waals surface area contributed by atoms with E-state index in [1.165, 1.54) is 12.1 Å². The number of halogens is 1. The van der Waals surface area contributed by atoms with Gasteiger partial charge in [-0.2, -0.15) is 0 Å². The Bertz CT molecular complexity index is 1210. The van der Waals surface area contributed by atoms with Gasteiger partial charge >= 0.3 is 12.1 Å². The largest absolute Gasteiger partial charge is 0.481 e. The summed E-state index contributed by atoms with van der Waals surface area (Å²) >= 11 is 0. The van der Waals surface area contributed by atoms with Gasteiger partial charge in [0.15, 0.2) is 0 Å². The minimum absolute atomic E-state index is 0.00439. The van der Waals surface area contributed by atoms with Crippen LogP contribution in [0, 0.1) is 5.82 Å². The predicted octanol–water partition coefficient (Wildman–Crippen LogP) is 5.17. The lowest BCUT2D eigenvalue weighted by molar-refractivity contribution is -0.137. The van der Waals surface area contributed by atoms with E-state index in [0.717, 1.165) is 28.3 Å². The zero-order valence-corrected chi connectivity index (χ0v) is 18.9. The molecule has 7 nitrogen and oxygen atoms in total. The predicted molar refractivity (Wildman–Crippen MR) is 129 cm³/mol. The van der Waals surface area contributed by atoms with Crippen LogP contribution in [0.3, 0.4) is 0 Å². The summed E-state index contributed by atoms with van der Waals surface area (Å²) in [6, 6.07) is 19.8. The highest BCUT2D eigenvalue weighted by Crippen LogP contribution is 2.44. The Morgan fingerprint density at radius 1 is 0.886 bits per heavy atom. The standard InChI is InChI=1S/C27H25FN2O5/c28-23-13-7-12-21(26(33)29-15-6-5-14-24(31)32)25(23)30-27(34)35-16-22-19-10-3-1-8-17(19)18-9-2-4-11-20(18)22/h1-4,7-13,22H,5-6,14-16H2,(H,29,33)(H,30,34)(H,31,32). The third-order valence-electron chi connectivity index (χ3n) is 5.93. The van der Waals surface area contributed by atoms with Gasteiger partial charge in [0.1, 0.15) is 12.4 Å². The Hall–Kier alpha value is -4.20. The molecule has 0 fully saturated rings. The Balaban J connectivity index is 1.40. The van der Waals surface area contributed by atoms with Crippen molar-refractivity contribution in [3.8, 4) is 11.1 Å². The molecule has 0 radical (unpaired) electrons. The summed E-state index contributed by atoms with van der Waals surface area (Å²) in [6.45, 7) is 0.284. The summed E-state index contributed by atoms with van der Waals surface area (Å²) in [7, 11) is 0. The second-order valence-electron chi connectivity index (χ2n) is 8.22. The second-order valence-corrected chi connectivity index (χ2v) is 8.22. The van der Waals surface area contributed by atoms with Crippen LogP contribution < -0.4 is 10.6 Å². The van der Waals surface area contributed by atoms with Crippen LogP contribution >= 0.6 is 0 Å². The van der Waals surface area contributed by atoms with Gasteiger partial charge in [-0.3, -0.25) is 14.9 Å². The van der Waals surface area contributed by atoms with Gasteiger partial charge in [0.25, 0.3) is 5.91 Å². The van der Waals surface area contributed by atoms with Crippen LogP contribution in [0.1, 0.15) is 46.7 Å². The number of rotatable bonds is 9. The minimum atomic E-state index is -0.906. The molecule has 2 amide bonds. The molecule has 0 spiro atoms. The number of carbonyl (C=O) groups excluding carboxylic acids is 2. The maximum Gasteiger partial charge on any atom is 0.411 e. The van der Waals surface area contributed by atoms with Gasteiger partial charge < -0.3 is 15.2 Å². The maximum atomic E-state index is 14.5. The molecule has 1 aliphatic carbocycles. The fraction of sp³-hybridized carbons (Fsp3) is 0.222. The first-order valence-electron chi connectivity index (χ1n) is 11.4. The smallest absolute Gasteiger partial charge is 0.411 e. The van der Waals surface area contributed by atoms with E-state index in [4.69, 9.17) is 9.84 Å². The molecular formula is C27H25FN2O5. The second kappa shape index (κ2) is 10.8. The number of nitrogens with one attached hydrogen (secondary N) is 2. The molecule has 0 unspecified atom stereocenters. The third kappa shape index (κ3) is 5.48. The maximum absolute atomic E-state index is 14.5. The molecule has 8 heteroatoms. The van der Waals surface area contributed by atoms with Gasteiger partial charge in [-0.15, -0.1) is 0 Å². The molecule has 3 aromatic carbocycles. The summed E-state index contributed by atoms with van der Waals surface area (Å²) in [5.41, 5.74) is 3.97. The van der Waals surface area contributed by atoms with Crippen molar-refractivity contribution < 1.29 is 28.6 Å². The molecule has 3 aromatic rings.